The highest BCUT2D eigenvalue weighted by Gasteiger charge is 1.98. The van der Waals surface area contributed by atoms with Gasteiger partial charge in [-0.2, -0.15) is 0 Å². The van der Waals surface area contributed by atoms with Crippen LogP contribution in [0.2, 0.25) is 0 Å². The average molecular weight is 157 g/mol. The average Bonchev–Trinajstić information content (AvgIpc) is 2.01. The standard InChI is InChI=1S/C9H19NO/c1-4-6-10-8-9(3)11-7-5-2/h4,9-10H,1,5-8H2,2-3H3. The molecule has 0 aliphatic rings. The predicted molar refractivity (Wildman–Crippen MR) is 48.8 cm³/mol. The van der Waals surface area contributed by atoms with Crippen molar-refractivity contribution in [1.82, 2.24) is 5.32 Å². The maximum atomic E-state index is 5.44. The molecule has 0 aromatic heterocycles. The van der Waals surface area contributed by atoms with Crippen LogP contribution in [0.15, 0.2) is 12.7 Å². The fourth-order valence-electron chi connectivity index (χ4n) is 0.767. The van der Waals surface area contributed by atoms with E-state index >= 15 is 0 Å². The van der Waals surface area contributed by atoms with E-state index in [1.165, 1.54) is 0 Å². The van der Waals surface area contributed by atoms with E-state index in [4.69, 9.17) is 4.74 Å². The zero-order valence-corrected chi connectivity index (χ0v) is 7.60. The van der Waals surface area contributed by atoms with Crippen molar-refractivity contribution in [3.8, 4) is 0 Å². The molecule has 0 aliphatic heterocycles. The van der Waals surface area contributed by atoms with Gasteiger partial charge in [0.1, 0.15) is 0 Å². The van der Waals surface area contributed by atoms with Crippen LogP contribution < -0.4 is 5.32 Å². The van der Waals surface area contributed by atoms with Gasteiger partial charge in [-0.25, -0.2) is 0 Å². The van der Waals surface area contributed by atoms with Crippen molar-refractivity contribution < 1.29 is 4.74 Å². The quantitative estimate of drug-likeness (QED) is 0.447. The molecular formula is C9H19NO. The van der Waals surface area contributed by atoms with E-state index in [1.54, 1.807) is 0 Å². The van der Waals surface area contributed by atoms with Crippen LogP contribution in [0.3, 0.4) is 0 Å². The van der Waals surface area contributed by atoms with Gasteiger partial charge in [0.2, 0.25) is 0 Å². The molecule has 0 saturated carbocycles. The first-order valence-corrected chi connectivity index (χ1v) is 4.24. The van der Waals surface area contributed by atoms with Crippen LogP contribution in [0, 0.1) is 0 Å². The van der Waals surface area contributed by atoms with Crippen LogP contribution in [0.1, 0.15) is 20.3 Å². The normalized spacial score (nSPS) is 12.9. The first kappa shape index (κ1) is 10.7. The van der Waals surface area contributed by atoms with Crippen LogP contribution in [0.5, 0.6) is 0 Å². The van der Waals surface area contributed by atoms with Crippen molar-refractivity contribution in [2.75, 3.05) is 19.7 Å². The first-order chi connectivity index (χ1) is 5.31. The van der Waals surface area contributed by atoms with Crippen molar-refractivity contribution >= 4 is 0 Å². The Morgan fingerprint density at radius 2 is 2.36 bits per heavy atom. The molecule has 0 saturated heterocycles. The lowest BCUT2D eigenvalue weighted by Crippen LogP contribution is -2.27. The van der Waals surface area contributed by atoms with Crippen molar-refractivity contribution in [2.24, 2.45) is 0 Å². The van der Waals surface area contributed by atoms with E-state index in [-0.39, 0.29) is 0 Å². The van der Waals surface area contributed by atoms with Crippen LogP contribution in [0.25, 0.3) is 0 Å². The third-order valence-electron chi connectivity index (χ3n) is 1.33. The lowest BCUT2D eigenvalue weighted by molar-refractivity contribution is 0.0671. The molecule has 0 rings (SSSR count). The summed E-state index contributed by atoms with van der Waals surface area (Å²) in [5, 5.41) is 3.20. The van der Waals surface area contributed by atoms with Gasteiger partial charge < -0.3 is 10.1 Å². The minimum Gasteiger partial charge on any atom is -0.377 e. The molecule has 0 aromatic carbocycles. The van der Waals surface area contributed by atoms with Gasteiger partial charge in [0.25, 0.3) is 0 Å². The molecule has 0 aromatic rings. The van der Waals surface area contributed by atoms with Crippen molar-refractivity contribution in [1.29, 1.82) is 0 Å². The number of hydrogen-bond donors (Lipinski definition) is 1. The minimum absolute atomic E-state index is 0.315. The van der Waals surface area contributed by atoms with Gasteiger partial charge >= 0.3 is 0 Å². The Labute approximate surface area is 69.6 Å². The van der Waals surface area contributed by atoms with Gasteiger partial charge in [-0.15, -0.1) is 6.58 Å². The number of hydrogen-bond acceptors (Lipinski definition) is 2. The Hall–Kier alpha value is -0.340. The molecule has 1 unspecified atom stereocenters. The highest BCUT2D eigenvalue weighted by atomic mass is 16.5. The number of nitrogens with one attached hydrogen (secondary N) is 1. The molecule has 1 atom stereocenters. The van der Waals surface area contributed by atoms with E-state index in [9.17, 15) is 0 Å². The fourth-order valence-corrected chi connectivity index (χ4v) is 0.767. The first-order valence-electron chi connectivity index (χ1n) is 4.24. The lowest BCUT2D eigenvalue weighted by atomic mass is 10.4. The van der Waals surface area contributed by atoms with Crippen LogP contribution in [0.4, 0.5) is 0 Å². The van der Waals surface area contributed by atoms with E-state index in [0.717, 1.165) is 26.1 Å². The summed E-state index contributed by atoms with van der Waals surface area (Å²) in [4.78, 5) is 0. The summed E-state index contributed by atoms with van der Waals surface area (Å²) in [5.41, 5.74) is 0. The Morgan fingerprint density at radius 1 is 1.64 bits per heavy atom. The van der Waals surface area contributed by atoms with Gasteiger partial charge in [-0.3, -0.25) is 0 Å². The highest BCUT2D eigenvalue weighted by molar-refractivity contribution is 4.70. The molecule has 0 radical (unpaired) electrons. The summed E-state index contributed by atoms with van der Waals surface area (Å²) in [6, 6.07) is 0. The molecule has 0 heterocycles. The molecule has 0 amide bonds. The second kappa shape index (κ2) is 7.76. The lowest BCUT2D eigenvalue weighted by Gasteiger charge is -2.11. The smallest absolute Gasteiger partial charge is 0.0671 e. The Morgan fingerprint density at radius 3 is 2.91 bits per heavy atom. The van der Waals surface area contributed by atoms with E-state index in [1.807, 2.05) is 6.08 Å². The summed E-state index contributed by atoms with van der Waals surface area (Å²) in [7, 11) is 0. The van der Waals surface area contributed by atoms with Crippen molar-refractivity contribution in [2.45, 2.75) is 26.4 Å². The monoisotopic (exact) mass is 157 g/mol. The van der Waals surface area contributed by atoms with E-state index in [2.05, 4.69) is 25.7 Å². The largest absolute Gasteiger partial charge is 0.377 e. The van der Waals surface area contributed by atoms with Crippen molar-refractivity contribution in [3.63, 3.8) is 0 Å². The molecular weight excluding hydrogens is 138 g/mol. The second-order valence-corrected chi connectivity index (χ2v) is 2.63. The second-order valence-electron chi connectivity index (χ2n) is 2.63. The van der Waals surface area contributed by atoms with E-state index in [0.29, 0.717) is 6.10 Å². The third-order valence-corrected chi connectivity index (χ3v) is 1.33. The molecule has 0 spiro atoms. The van der Waals surface area contributed by atoms with Crippen molar-refractivity contribution in [3.05, 3.63) is 12.7 Å². The summed E-state index contributed by atoms with van der Waals surface area (Å²) >= 11 is 0. The topological polar surface area (TPSA) is 21.3 Å². The molecule has 0 bridgehead atoms. The molecule has 2 heteroatoms. The van der Waals surface area contributed by atoms with Gasteiger partial charge in [0.05, 0.1) is 6.10 Å². The van der Waals surface area contributed by atoms with Crippen LogP contribution in [-0.4, -0.2) is 25.8 Å². The number of rotatable bonds is 7. The molecule has 0 aliphatic carbocycles. The number of ether oxygens (including phenoxy) is 1. The maximum Gasteiger partial charge on any atom is 0.0671 e. The SMILES string of the molecule is C=CCNCC(C)OCCC. The van der Waals surface area contributed by atoms with Crippen LogP contribution in [-0.2, 0) is 4.74 Å². The molecule has 0 fully saturated rings. The summed E-state index contributed by atoms with van der Waals surface area (Å²) in [6.45, 7) is 10.4. The molecule has 1 N–H and O–H groups in total. The van der Waals surface area contributed by atoms with Gasteiger partial charge in [-0.1, -0.05) is 13.0 Å². The highest BCUT2D eigenvalue weighted by Crippen LogP contribution is 1.89. The molecule has 66 valence electrons. The van der Waals surface area contributed by atoms with Gasteiger partial charge in [0.15, 0.2) is 0 Å². The molecule has 11 heavy (non-hydrogen) atoms. The Bertz CT molecular complexity index is 93.6. The zero-order valence-electron chi connectivity index (χ0n) is 7.60. The summed E-state index contributed by atoms with van der Waals surface area (Å²) in [5.74, 6) is 0. The third kappa shape index (κ3) is 7.56. The summed E-state index contributed by atoms with van der Waals surface area (Å²) < 4.78 is 5.44. The zero-order chi connectivity index (χ0) is 8.53. The fraction of sp³-hybridized carbons (Fsp3) is 0.778. The van der Waals surface area contributed by atoms with Gasteiger partial charge in [0, 0.05) is 19.7 Å². The van der Waals surface area contributed by atoms with Gasteiger partial charge in [-0.05, 0) is 13.3 Å². The van der Waals surface area contributed by atoms with Crippen LogP contribution >= 0.6 is 0 Å². The molecule has 2 nitrogen and oxygen atoms in total. The van der Waals surface area contributed by atoms with E-state index < -0.39 is 0 Å². The predicted octanol–water partition coefficient (Wildman–Crippen LogP) is 1.58. The Balaban J connectivity index is 3.08. The summed E-state index contributed by atoms with van der Waals surface area (Å²) in [6.07, 6.45) is 3.26. The Kier molecular flexibility index (Phi) is 7.52. The minimum atomic E-state index is 0.315. The maximum absolute atomic E-state index is 5.44.